The third kappa shape index (κ3) is 3.40. The minimum absolute atomic E-state index is 0.114. The lowest BCUT2D eigenvalue weighted by Crippen LogP contribution is -2.39. The van der Waals surface area contributed by atoms with Gasteiger partial charge < -0.3 is 10.2 Å². The van der Waals surface area contributed by atoms with Crippen molar-refractivity contribution in [2.75, 3.05) is 25.0 Å². The number of likely N-dealkylation sites (tertiary alicyclic amines) is 1. The summed E-state index contributed by atoms with van der Waals surface area (Å²) in [7, 11) is 0. The zero-order valence-electron chi connectivity index (χ0n) is 9.66. The first-order chi connectivity index (χ1) is 8.19. The highest BCUT2D eigenvalue weighted by atomic mass is 35.5. The summed E-state index contributed by atoms with van der Waals surface area (Å²) in [5.74, 6) is 0.529. The molecule has 17 heavy (non-hydrogen) atoms. The van der Waals surface area contributed by atoms with Gasteiger partial charge in [0.1, 0.15) is 0 Å². The number of piperidine rings is 1. The lowest BCUT2D eigenvalue weighted by Gasteiger charge is -2.31. The van der Waals surface area contributed by atoms with Gasteiger partial charge in [-0.1, -0.05) is 18.5 Å². The van der Waals surface area contributed by atoms with E-state index >= 15 is 0 Å². The summed E-state index contributed by atoms with van der Waals surface area (Å²) in [4.78, 5) is 6.46. The van der Waals surface area contributed by atoms with Crippen molar-refractivity contribution < 1.29 is 0 Å². The molecule has 1 fully saturated rings. The zero-order valence-corrected chi connectivity index (χ0v) is 11.2. The third-order valence-electron chi connectivity index (χ3n) is 3.00. The Bertz CT molecular complexity index is 379. The molecule has 0 amide bonds. The SMILES string of the molecule is CCN1CCC(Nc2nc(Cl)nnc2Cl)CC1. The van der Waals surface area contributed by atoms with Crippen molar-refractivity contribution in [1.82, 2.24) is 20.1 Å². The van der Waals surface area contributed by atoms with Gasteiger partial charge in [0, 0.05) is 19.1 Å². The molecule has 0 bridgehead atoms. The molecule has 1 aromatic heterocycles. The van der Waals surface area contributed by atoms with Crippen molar-refractivity contribution in [3.05, 3.63) is 10.4 Å². The molecule has 0 unspecified atom stereocenters. The second-order valence-corrected chi connectivity index (χ2v) is 4.77. The highest BCUT2D eigenvalue weighted by Gasteiger charge is 2.19. The van der Waals surface area contributed by atoms with Crippen LogP contribution >= 0.6 is 23.2 Å². The molecular formula is C10H15Cl2N5. The topological polar surface area (TPSA) is 53.9 Å². The maximum atomic E-state index is 5.90. The van der Waals surface area contributed by atoms with Crippen LogP contribution < -0.4 is 5.32 Å². The molecule has 0 saturated carbocycles. The Hall–Kier alpha value is -0.650. The van der Waals surface area contributed by atoms with Crippen LogP contribution in [0.15, 0.2) is 0 Å². The Morgan fingerprint density at radius 1 is 1.29 bits per heavy atom. The summed E-state index contributed by atoms with van der Waals surface area (Å²) < 4.78 is 0. The first-order valence-electron chi connectivity index (χ1n) is 5.73. The first-order valence-corrected chi connectivity index (χ1v) is 6.49. The monoisotopic (exact) mass is 275 g/mol. The number of anilines is 1. The minimum atomic E-state index is 0.114. The number of aromatic nitrogens is 3. The van der Waals surface area contributed by atoms with Crippen LogP contribution in [0.1, 0.15) is 19.8 Å². The van der Waals surface area contributed by atoms with E-state index in [1.165, 1.54) is 0 Å². The second-order valence-electron chi connectivity index (χ2n) is 4.07. The Morgan fingerprint density at radius 2 is 2.00 bits per heavy atom. The van der Waals surface area contributed by atoms with Gasteiger partial charge in [0.15, 0.2) is 11.0 Å². The van der Waals surface area contributed by atoms with Crippen LogP contribution in [0.2, 0.25) is 10.4 Å². The van der Waals surface area contributed by atoms with Gasteiger partial charge in [0.05, 0.1) is 0 Å². The maximum absolute atomic E-state index is 5.90. The van der Waals surface area contributed by atoms with E-state index in [-0.39, 0.29) is 10.4 Å². The van der Waals surface area contributed by atoms with Crippen LogP contribution in [0.25, 0.3) is 0 Å². The molecule has 0 spiro atoms. The van der Waals surface area contributed by atoms with Crippen LogP contribution in [-0.4, -0.2) is 45.8 Å². The van der Waals surface area contributed by atoms with Crippen LogP contribution in [0.3, 0.4) is 0 Å². The Labute approximate surface area is 111 Å². The zero-order chi connectivity index (χ0) is 12.3. The summed E-state index contributed by atoms with van der Waals surface area (Å²) in [6.07, 6.45) is 2.15. The van der Waals surface area contributed by atoms with Crippen molar-refractivity contribution in [3.8, 4) is 0 Å². The number of halogens is 2. The molecule has 5 nitrogen and oxygen atoms in total. The van der Waals surface area contributed by atoms with Crippen LogP contribution in [-0.2, 0) is 0 Å². The fraction of sp³-hybridized carbons (Fsp3) is 0.700. The summed E-state index contributed by atoms with van der Waals surface area (Å²) in [6, 6.07) is 0.378. The van der Waals surface area contributed by atoms with E-state index in [4.69, 9.17) is 23.2 Å². The van der Waals surface area contributed by atoms with Gasteiger partial charge in [-0.25, -0.2) is 0 Å². The lowest BCUT2D eigenvalue weighted by molar-refractivity contribution is 0.229. The van der Waals surface area contributed by atoms with Gasteiger partial charge in [0.2, 0.25) is 5.28 Å². The Balaban J connectivity index is 1.95. The molecule has 94 valence electrons. The smallest absolute Gasteiger partial charge is 0.245 e. The molecule has 2 rings (SSSR count). The normalized spacial score (nSPS) is 18.3. The predicted octanol–water partition coefficient (Wildman–Crippen LogP) is 2.07. The quantitative estimate of drug-likeness (QED) is 0.916. The average molecular weight is 276 g/mol. The molecule has 1 N–H and O–H groups in total. The highest BCUT2D eigenvalue weighted by Crippen LogP contribution is 2.20. The molecule has 1 aliphatic heterocycles. The molecule has 0 aliphatic carbocycles. The Morgan fingerprint density at radius 3 is 2.65 bits per heavy atom. The van der Waals surface area contributed by atoms with Gasteiger partial charge in [-0.3, -0.25) is 0 Å². The second kappa shape index (κ2) is 5.80. The molecule has 1 aromatic rings. The molecule has 2 heterocycles. The summed E-state index contributed by atoms with van der Waals surface area (Å²) in [5, 5.41) is 11.0. The number of hydrogen-bond donors (Lipinski definition) is 1. The van der Waals surface area contributed by atoms with Gasteiger partial charge in [-0.15, -0.1) is 10.2 Å². The number of rotatable bonds is 3. The number of hydrogen-bond acceptors (Lipinski definition) is 5. The van der Waals surface area contributed by atoms with Gasteiger partial charge in [-0.2, -0.15) is 4.98 Å². The van der Waals surface area contributed by atoms with Crippen molar-refractivity contribution in [3.63, 3.8) is 0 Å². The van der Waals surface area contributed by atoms with Crippen molar-refractivity contribution in [2.24, 2.45) is 0 Å². The van der Waals surface area contributed by atoms with Gasteiger partial charge >= 0.3 is 0 Å². The van der Waals surface area contributed by atoms with E-state index in [2.05, 4.69) is 32.3 Å². The van der Waals surface area contributed by atoms with Crippen molar-refractivity contribution in [1.29, 1.82) is 0 Å². The van der Waals surface area contributed by atoms with E-state index in [0.717, 1.165) is 32.5 Å². The summed E-state index contributed by atoms with van der Waals surface area (Å²) >= 11 is 11.6. The molecule has 0 radical (unpaired) electrons. The van der Waals surface area contributed by atoms with Crippen LogP contribution in [0, 0.1) is 0 Å². The van der Waals surface area contributed by atoms with Crippen LogP contribution in [0.4, 0.5) is 5.82 Å². The fourth-order valence-corrected chi connectivity index (χ4v) is 2.23. The molecule has 7 heteroatoms. The van der Waals surface area contributed by atoms with E-state index in [1.54, 1.807) is 0 Å². The van der Waals surface area contributed by atoms with E-state index < -0.39 is 0 Å². The van der Waals surface area contributed by atoms with Crippen molar-refractivity contribution >= 4 is 29.0 Å². The highest BCUT2D eigenvalue weighted by molar-refractivity contribution is 6.32. The van der Waals surface area contributed by atoms with Crippen LogP contribution in [0.5, 0.6) is 0 Å². The van der Waals surface area contributed by atoms with Crippen molar-refractivity contribution in [2.45, 2.75) is 25.8 Å². The lowest BCUT2D eigenvalue weighted by atomic mass is 10.1. The number of nitrogens with zero attached hydrogens (tertiary/aromatic N) is 4. The predicted molar refractivity (Wildman–Crippen MR) is 68.6 cm³/mol. The molecule has 1 aliphatic rings. The molecular weight excluding hydrogens is 261 g/mol. The fourth-order valence-electron chi connectivity index (χ4n) is 1.97. The standard InChI is InChI=1S/C10H15Cl2N5/c1-2-17-5-3-7(4-6-17)13-9-8(11)15-16-10(12)14-9/h7H,2-6H2,1H3,(H,13,14,16). The maximum Gasteiger partial charge on any atom is 0.245 e. The molecule has 0 aromatic carbocycles. The van der Waals surface area contributed by atoms with E-state index in [9.17, 15) is 0 Å². The minimum Gasteiger partial charge on any atom is -0.365 e. The Kier molecular flexibility index (Phi) is 4.36. The van der Waals surface area contributed by atoms with E-state index in [0.29, 0.717) is 11.9 Å². The molecule has 0 atom stereocenters. The summed E-state index contributed by atoms with van der Waals surface area (Å²) in [5.41, 5.74) is 0. The summed E-state index contributed by atoms with van der Waals surface area (Å²) in [6.45, 7) is 5.48. The first kappa shape index (κ1) is 12.8. The van der Waals surface area contributed by atoms with Gasteiger partial charge in [0.25, 0.3) is 0 Å². The largest absolute Gasteiger partial charge is 0.365 e. The average Bonchev–Trinajstić information content (AvgIpc) is 2.35. The van der Waals surface area contributed by atoms with E-state index in [1.807, 2.05) is 0 Å². The third-order valence-corrected chi connectivity index (χ3v) is 3.41. The van der Waals surface area contributed by atoms with Gasteiger partial charge in [-0.05, 0) is 31.0 Å². The molecule has 1 saturated heterocycles. The number of nitrogens with one attached hydrogen (secondary N) is 1.